The van der Waals surface area contributed by atoms with Gasteiger partial charge in [-0.2, -0.15) is 18.4 Å². The number of hydrogen-bond acceptors (Lipinski definition) is 7. The second kappa shape index (κ2) is 10.3. The van der Waals surface area contributed by atoms with Crippen LogP contribution >= 0.6 is 11.8 Å². The van der Waals surface area contributed by atoms with Crippen molar-refractivity contribution in [1.82, 2.24) is 14.4 Å². The number of fused-ring (bicyclic) bond motifs is 1. The molecule has 1 amide bonds. The fraction of sp³-hybridized carbons (Fsp3) is 0.476. The topological polar surface area (TPSA) is 121 Å². The Labute approximate surface area is 187 Å². The standard InChI is InChI=1S/C21H28N4O4S2/c1-14-10-17-18(11-15(14)2)23-13-16(12-22)19(17)30-9-7-6-8-24-31(27,28)25-20(26)29-21(3,4)5/h10-11,13,24H,6-9H2,1-5H3,(H,25,26). The second-order valence-corrected chi connectivity index (χ2v) is 10.7. The Balaban J connectivity index is 1.88. The number of ether oxygens (including phenoxy) is 1. The first-order chi connectivity index (χ1) is 14.4. The predicted octanol–water partition coefficient (Wildman–Crippen LogP) is 3.95. The van der Waals surface area contributed by atoms with E-state index >= 15 is 0 Å². The van der Waals surface area contributed by atoms with E-state index in [0.717, 1.165) is 33.3 Å². The van der Waals surface area contributed by atoms with Crippen LogP contribution in [0.1, 0.15) is 50.3 Å². The number of aryl methyl sites for hydroxylation is 2. The van der Waals surface area contributed by atoms with Crippen LogP contribution in [0.3, 0.4) is 0 Å². The molecule has 2 aromatic rings. The SMILES string of the molecule is Cc1cc2ncc(C#N)c(SCCCCNS(=O)(=O)NC(=O)OC(C)(C)C)c2cc1C. The first-order valence-corrected chi connectivity index (χ1v) is 12.3. The van der Waals surface area contributed by atoms with Crippen molar-refractivity contribution >= 4 is 39.0 Å². The quantitative estimate of drug-likeness (QED) is 0.448. The van der Waals surface area contributed by atoms with Gasteiger partial charge >= 0.3 is 16.3 Å². The zero-order chi connectivity index (χ0) is 23.2. The van der Waals surface area contributed by atoms with Crippen molar-refractivity contribution in [3.63, 3.8) is 0 Å². The minimum absolute atomic E-state index is 0.180. The van der Waals surface area contributed by atoms with Crippen molar-refractivity contribution in [3.05, 3.63) is 35.0 Å². The molecule has 0 aliphatic heterocycles. The summed E-state index contributed by atoms with van der Waals surface area (Å²) in [6, 6.07) is 6.27. The van der Waals surface area contributed by atoms with Crippen LogP contribution in [-0.2, 0) is 14.9 Å². The Morgan fingerprint density at radius 1 is 1.23 bits per heavy atom. The number of nitrogens with zero attached hydrogens (tertiary/aromatic N) is 2. The molecule has 0 spiro atoms. The first kappa shape index (κ1) is 24.9. The maximum Gasteiger partial charge on any atom is 0.422 e. The summed E-state index contributed by atoms with van der Waals surface area (Å²) in [6.07, 6.45) is 1.87. The molecule has 2 rings (SSSR count). The van der Waals surface area contributed by atoms with Gasteiger partial charge in [0.2, 0.25) is 0 Å². The van der Waals surface area contributed by atoms with Crippen molar-refractivity contribution in [2.75, 3.05) is 12.3 Å². The average molecular weight is 465 g/mol. The summed E-state index contributed by atoms with van der Waals surface area (Å²) in [5, 5.41) is 10.4. The Hall–Kier alpha value is -2.35. The lowest BCUT2D eigenvalue weighted by Crippen LogP contribution is -2.43. The Morgan fingerprint density at radius 3 is 2.55 bits per heavy atom. The van der Waals surface area contributed by atoms with Crippen LogP contribution in [0.25, 0.3) is 10.9 Å². The Kier molecular flexibility index (Phi) is 8.28. The summed E-state index contributed by atoms with van der Waals surface area (Å²) in [7, 11) is -3.97. The van der Waals surface area contributed by atoms with Gasteiger partial charge in [-0.3, -0.25) is 4.98 Å². The van der Waals surface area contributed by atoms with Crippen molar-refractivity contribution in [3.8, 4) is 6.07 Å². The third-order valence-electron chi connectivity index (χ3n) is 4.28. The number of thioether (sulfide) groups is 1. The molecule has 0 saturated heterocycles. The van der Waals surface area contributed by atoms with Gasteiger partial charge in [-0.1, -0.05) is 0 Å². The van der Waals surface area contributed by atoms with Gasteiger partial charge in [0, 0.05) is 23.0 Å². The van der Waals surface area contributed by atoms with Crippen LogP contribution in [0.15, 0.2) is 23.2 Å². The zero-order valence-corrected chi connectivity index (χ0v) is 20.0. The summed E-state index contributed by atoms with van der Waals surface area (Å²) >= 11 is 1.56. The minimum Gasteiger partial charge on any atom is -0.443 e. The maximum atomic E-state index is 11.9. The summed E-state index contributed by atoms with van der Waals surface area (Å²) < 4.78 is 32.9. The van der Waals surface area contributed by atoms with E-state index in [1.165, 1.54) is 0 Å². The number of benzene rings is 1. The van der Waals surface area contributed by atoms with E-state index in [-0.39, 0.29) is 6.54 Å². The number of nitriles is 1. The largest absolute Gasteiger partial charge is 0.443 e. The van der Waals surface area contributed by atoms with E-state index in [1.807, 2.05) is 24.6 Å². The van der Waals surface area contributed by atoms with E-state index < -0.39 is 21.9 Å². The van der Waals surface area contributed by atoms with Crippen LogP contribution in [0, 0.1) is 25.2 Å². The van der Waals surface area contributed by atoms with Gasteiger partial charge in [-0.25, -0.2) is 9.52 Å². The Morgan fingerprint density at radius 2 is 1.90 bits per heavy atom. The number of unbranched alkanes of at least 4 members (excludes halogenated alkanes) is 1. The number of hydrogen-bond donors (Lipinski definition) is 2. The number of amides is 1. The number of rotatable bonds is 8. The minimum atomic E-state index is -3.97. The lowest BCUT2D eigenvalue weighted by molar-refractivity contribution is 0.0569. The van der Waals surface area contributed by atoms with Crippen LogP contribution in [-0.4, -0.2) is 37.4 Å². The number of carbonyl (C=O) groups is 1. The third kappa shape index (κ3) is 7.69. The van der Waals surface area contributed by atoms with Gasteiger partial charge in [0.15, 0.2) is 0 Å². The summed E-state index contributed by atoms with van der Waals surface area (Å²) in [5.41, 5.74) is 2.88. The van der Waals surface area contributed by atoms with E-state index in [1.54, 1.807) is 38.7 Å². The normalized spacial score (nSPS) is 11.9. The number of nitrogens with one attached hydrogen (secondary N) is 2. The molecule has 31 heavy (non-hydrogen) atoms. The first-order valence-electron chi connectivity index (χ1n) is 9.85. The fourth-order valence-electron chi connectivity index (χ4n) is 2.72. The van der Waals surface area contributed by atoms with E-state index in [0.29, 0.717) is 17.7 Å². The van der Waals surface area contributed by atoms with Crippen LogP contribution < -0.4 is 9.44 Å². The summed E-state index contributed by atoms with van der Waals surface area (Å²) in [4.78, 5) is 16.9. The highest BCUT2D eigenvalue weighted by Crippen LogP contribution is 2.32. The Bertz CT molecular complexity index is 1100. The van der Waals surface area contributed by atoms with Crippen molar-refractivity contribution in [1.29, 1.82) is 5.26 Å². The molecule has 0 aliphatic rings. The van der Waals surface area contributed by atoms with E-state index in [2.05, 4.69) is 21.8 Å². The van der Waals surface area contributed by atoms with Gasteiger partial charge in [-0.05, 0) is 76.5 Å². The van der Waals surface area contributed by atoms with E-state index in [9.17, 15) is 18.5 Å². The summed E-state index contributed by atoms with van der Waals surface area (Å²) in [6.45, 7) is 9.18. The monoisotopic (exact) mass is 464 g/mol. The van der Waals surface area contributed by atoms with Gasteiger partial charge in [0.1, 0.15) is 11.7 Å². The molecule has 0 aliphatic carbocycles. The smallest absolute Gasteiger partial charge is 0.422 e. The molecule has 0 radical (unpaired) electrons. The van der Waals surface area contributed by atoms with Gasteiger partial charge in [0.25, 0.3) is 0 Å². The molecular formula is C21H28N4O4S2. The van der Waals surface area contributed by atoms with Crippen molar-refractivity contribution in [2.24, 2.45) is 0 Å². The lowest BCUT2D eigenvalue weighted by Gasteiger charge is -2.19. The molecule has 2 N–H and O–H groups in total. The van der Waals surface area contributed by atoms with E-state index in [4.69, 9.17) is 4.74 Å². The predicted molar refractivity (Wildman–Crippen MR) is 122 cm³/mol. The van der Waals surface area contributed by atoms with Crippen molar-refractivity contribution in [2.45, 2.75) is 58.0 Å². The fourth-order valence-corrected chi connectivity index (χ4v) is 4.59. The molecule has 0 saturated carbocycles. The third-order valence-corrected chi connectivity index (χ3v) is 6.52. The molecule has 8 nitrogen and oxygen atoms in total. The maximum absolute atomic E-state index is 11.9. The molecule has 0 bridgehead atoms. The van der Waals surface area contributed by atoms with Gasteiger partial charge < -0.3 is 4.74 Å². The summed E-state index contributed by atoms with van der Waals surface area (Å²) in [5.74, 6) is 0.710. The molecule has 0 fully saturated rings. The molecular weight excluding hydrogens is 436 g/mol. The second-order valence-electron chi connectivity index (χ2n) is 8.12. The molecule has 10 heteroatoms. The molecule has 1 heterocycles. The highest BCUT2D eigenvalue weighted by Gasteiger charge is 2.20. The number of pyridine rings is 1. The number of aromatic nitrogens is 1. The van der Waals surface area contributed by atoms with Crippen LogP contribution in [0.2, 0.25) is 0 Å². The zero-order valence-electron chi connectivity index (χ0n) is 18.4. The molecule has 168 valence electrons. The van der Waals surface area contributed by atoms with Crippen LogP contribution in [0.4, 0.5) is 4.79 Å². The van der Waals surface area contributed by atoms with Gasteiger partial charge in [0.05, 0.1) is 11.1 Å². The molecule has 0 atom stereocenters. The molecule has 0 unspecified atom stereocenters. The van der Waals surface area contributed by atoms with Gasteiger partial charge in [-0.15, -0.1) is 11.8 Å². The van der Waals surface area contributed by atoms with Crippen molar-refractivity contribution < 1.29 is 17.9 Å². The number of carbonyl (C=O) groups excluding carboxylic acids is 1. The lowest BCUT2D eigenvalue weighted by atomic mass is 10.1. The highest BCUT2D eigenvalue weighted by atomic mass is 32.2. The molecule has 1 aromatic carbocycles. The molecule has 1 aromatic heterocycles. The van der Waals surface area contributed by atoms with Crippen LogP contribution in [0.5, 0.6) is 0 Å². The average Bonchev–Trinajstić information content (AvgIpc) is 2.63. The highest BCUT2D eigenvalue weighted by molar-refractivity contribution is 7.99.